The zero-order valence-electron chi connectivity index (χ0n) is 18.8. The highest BCUT2D eigenvalue weighted by atomic mass is 19.3. The molecule has 2 atom stereocenters. The van der Waals surface area contributed by atoms with E-state index >= 15 is 0 Å². The van der Waals surface area contributed by atoms with E-state index < -0.39 is 18.6 Å². The van der Waals surface area contributed by atoms with E-state index in [-0.39, 0.29) is 17.3 Å². The molecule has 176 valence electrons. The second kappa shape index (κ2) is 8.57. The van der Waals surface area contributed by atoms with Crippen LogP contribution in [0.4, 0.5) is 8.78 Å². The van der Waals surface area contributed by atoms with E-state index in [0.717, 1.165) is 24.9 Å². The number of nitrogens with one attached hydrogen (secondary N) is 3. The average molecular weight is 466 g/mol. The minimum atomic E-state index is -2.63. The van der Waals surface area contributed by atoms with Crippen LogP contribution in [0.2, 0.25) is 0 Å². The Morgan fingerprint density at radius 3 is 2.88 bits per heavy atom. The Balaban J connectivity index is 1.66. The van der Waals surface area contributed by atoms with E-state index in [0.29, 0.717) is 39.3 Å². The van der Waals surface area contributed by atoms with E-state index in [1.165, 1.54) is 12.4 Å². The quantitative estimate of drug-likeness (QED) is 0.410. The number of aromatic amines is 3. The second-order valence-corrected chi connectivity index (χ2v) is 8.81. The number of rotatable bonds is 5. The molecule has 1 aliphatic rings. The van der Waals surface area contributed by atoms with Gasteiger partial charge in [-0.1, -0.05) is 6.07 Å². The number of piperidine rings is 1. The van der Waals surface area contributed by atoms with Crippen molar-refractivity contribution in [2.75, 3.05) is 20.2 Å². The van der Waals surface area contributed by atoms with E-state index in [4.69, 9.17) is 4.74 Å². The predicted octanol–water partition coefficient (Wildman–Crippen LogP) is 4.11. The third-order valence-corrected chi connectivity index (χ3v) is 6.74. The van der Waals surface area contributed by atoms with Gasteiger partial charge in [-0.25, -0.2) is 13.8 Å². The van der Waals surface area contributed by atoms with Gasteiger partial charge in [-0.3, -0.25) is 4.79 Å². The Hall–Kier alpha value is -3.71. The number of halogens is 2. The first-order valence-corrected chi connectivity index (χ1v) is 11.1. The Morgan fingerprint density at radius 2 is 2.15 bits per heavy atom. The van der Waals surface area contributed by atoms with Gasteiger partial charge in [0.1, 0.15) is 29.6 Å². The largest absolute Gasteiger partial charge is 0.485 e. The van der Waals surface area contributed by atoms with Crippen LogP contribution < -0.4 is 10.3 Å². The number of hydrogen-bond donors (Lipinski definition) is 3. The fraction of sp³-hybridized carbons (Fsp3) is 0.375. The molecule has 8 nitrogen and oxygen atoms in total. The van der Waals surface area contributed by atoms with Crippen LogP contribution in [-0.4, -0.2) is 57.5 Å². The minimum Gasteiger partial charge on any atom is -0.485 e. The first kappa shape index (κ1) is 22.1. The van der Waals surface area contributed by atoms with Gasteiger partial charge in [-0.15, -0.1) is 0 Å². The van der Waals surface area contributed by atoms with Gasteiger partial charge in [-0.05, 0) is 50.9 Å². The van der Waals surface area contributed by atoms with Crippen molar-refractivity contribution in [3.8, 4) is 23.2 Å². The molecule has 4 aromatic rings. The van der Waals surface area contributed by atoms with Gasteiger partial charge in [0.25, 0.3) is 12.0 Å². The number of pyridine rings is 1. The molecule has 34 heavy (non-hydrogen) atoms. The number of ether oxygens (including phenoxy) is 1. The van der Waals surface area contributed by atoms with Crippen LogP contribution in [0, 0.1) is 11.3 Å². The summed E-state index contributed by atoms with van der Waals surface area (Å²) in [5.41, 5.74) is 2.55. The smallest absolute Gasteiger partial charge is 0.272 e. The van der Waals surface area contributed by atoms with E-state index in [1.807, 2.05) is 12.1 Å². The van der Waals surface area contributed by atoms with Gasteiger partial charge in [-0.2, -0.15) is 5.26 Å². The molecule has 1 saturated heterocycles. The van der Waals surface area contributed by atoms with Gasteiger partial charge in [0.2, 0.25) is 0 Å². The zero-order valence-corrected chi connectivity index (χ0v) is 18.8. The molecule has 4 heterocycles. The molecule has 3 N–H and O–H groups in total. The third-order valence-electron chi connectivity index (χ3n) is 6.74. The molecule has 3 aromatic heterocycles. The number of aromatic nitrogens is 4. The van der Waals surface area contributed by atoms with Crippen LogP contribution in [0.1, 0.15) is 36.8 Å². The molecule has 2 unspecified atom stereocenters. The highest BCUT2D eigenvalue weighted by molar-refractivity contribution is 5.97. The third kappa shape index (κ3) is 3.72. The molecule has 10 heteroatoms. The Morgan fingerprint density at radius 1 is 1.32 bits per heavy atom. The van der Waals surface area contributed by atoms with Crippen LogP contribution in [0.25, 0.3) is 33.3 Å². The van der Waals surface area contributed by atoms with Crippen molar-refractivity contribution in [2.24, 2.45) is 0 Å². The summed E-state index contributed by atoms with van der Waals surface area (Å²) in [6.45, 7) is 2.31. The maximum atomic E-state index is 13.1. The Bertz CT molecular complexity index is 1460. The summed E-state index contributed by atoms with van der Waals surface area (Å²) in [6, 6.07) is 6.19. The monoisotopic (exact) mass is 466 g/mol. The summed E-state index contributed by atoms with van der Waals surface area (Å²) in [5, 5.41) is 9.90. The van der Waals surface area contributed by atoms with E-state index in [1.54, 1.807) is 0 Å². The van der Waals surface area contributed by atoms with Crippen LogP contribution in [0.15, 0.2) is 29.3 Å². The number of likely N-dealkylation sites (tertiary alicyclic amines) is 1. The fourth-order valence-electron chi connectivity index (χ4n) is 4.81. The van der Waals surface area contributed by atoms with Gasteiger partial charge in [0, 0.05) is 23.8 Å². The van der Waals surface area contributed by atoms with E-state index in [9.17, 15) is 18.8 Å². The molecular weight excluding hydrogens is 442 g/mol. The first-order chi connectivity index (χ1) is 16.4. The summed E-state index contributed by atoms with van der Waals surface area (Å²) in [7, 11) is 2.08. The number of H-pyrrole nitrogens is 3. The van der Waals surface area contributed by atoms with Crippen molar-refractivity contribution in [1.82, 2.24) is 24.8 Å². The topological polar surface area (TPSA) is 114 Å². The van der Waals surface area contributed by atoms with Crippen LogP contribution in [-0.2, 0) is 0 Å². The maximum Gasteiger partial charge on any atom is 0.272 e. The molecule has 5 rings (SSSR count). The predicted molar refractivity (Wildman–Crippen MR) is 124 cm³/mol. The van der Waals surface area contributed by atoms with Crippen molar-refractivity contribution in [3.63, 3.8) is 0 Å². The lowest BCUT2D eigenvalue weighted by atomic mass is 9.85. The normalized spacial score (nSPS) is 19.2. The number of imidazole rings is 1. The Labute approximate surface area is 193 Å². The van der Waals surface area contributed by atoms with Crippen molar-refractivity contribution in [1.29, 1.82) is 5.26 Å². The number of hydrogen-bond acceptors (Lipinski definition) is 5. The van der Waals surface area contributed by atoms with E-state index in [2.05, 4.69) is 44.9 Å². The van der Waals surface area contributed by atoms with Crippen molar-refractivity contribution < 1.29 is 13.5 Å². The fourth-order valence-corrected chi connectivity index (χ4v) is 4.81. The summed E-state index contributed by atoms with van der Waals surface area (Å²) in [6.07, 6.45) is 2.14. The highest BCUT2D eigenvalue weighted by Crippen LogP contribution is 2.40. The van der Waals surface area contributed by atoms with Gasteiger partial charge in [0.05, 0.1) is 16.6 Å². The number of alkyl halides is 2. The van der Waals surface area contributed by atoms with Gasteiger partial charge in [0.15, 0.2) is 5.75 Å². The molecule has 0 amide bonds. The summed E-state index contributed by atoms with van der Waals surface area (Å²) in [4.78, 5) is 28.4. The molecule has 0 bridgehead atoms. The molecule has 0 aliphatic carbocycles. The number of fused-ring (bicyclic) bond motifs is 2. The summed E-state index contributed by atoms with van der Waals surface area (Å²) < 4.78 is 31.8. The van der Waals surface area contributed by atoms with Crippen molar-refractivity contribution in [2.45, 2.75) is 38.2 Å². The second-order valence-electron chi connectivity index (χ2n) is 8.81. The highest BCUT2D eigenvalue weighted by Gasteiger charge is 2.28. The SMILES string of the molecule is CC1CC(c2ccc3[nH]c(-c4c(=O)[nH]cc5c(C#N)c[nH]c45)nc3c2OCC(F)F)CCN1C. The van der Waals surface area contributed by atoms with Gasteiger partial charge < -0.3 is 24.6 Å². The molecule has 0 spiro atoms. The zero-order chi connectivity index (χ0) is 24.0. The lowest BCUT2D eigenvalue weighted by molar-refractivity contribution is 0.0814. The molecule has 1 aromatic carbocycles. The lowest BCUT2D eigenvalue weighted by Crippen LogP contribution is -2.37. The van der Waals surface area contributed by atoms with Crippen molar-refractivity contribution >= 4 is 21.9 Å². The lowest BCUT2D eigenvalue weighted by Gasteiger charge is -2.35. The van der Waals surface area contributed by atoms with Crippen molar-refractivity contribution in [3.05, 3.63) is 46.0 Å². The van der Waals surface area contributed by atoms with Gasteiger partial charge >= 0.3 is 0 Å². The minimum absolute atomic E-state index is 0.150. The maximum absolute atomic E-state index is 13.1. The standard InChI is InChI=1S/C24H24F2N6O2/c1-12-7-13(5-6-32(12)2)15-3-4-17-21(22(15)34-11-18(25)26)31-23(30-17)19-20-16(10-29-24(19)33)14(8-27)9-28-20/h3-4,9-10,12-13,18,28H,5-7,11H2,1-2H3,(H,29,33)(H,30,31). The average Bonchev–Trinajstić information content (AvgIpc) is 3.43. The molecule has 0 radical (unpaired) electrons. The first-order valence-electron chi connectivity index (χ1n) is 11.1. The summed E-state index contributed by atoms with van der Waals surface area (Å²) >= 11 is 0. The van der Waals surface area contributed by atoms with Crippen LogP contribution in [0.5, 0.6) is 5.75 Å². The van der Waals surface area contributed by atoms with Crippen LogP contribution in [0.3, 0.4) is 0 Å². The molecule has 1 aliphatic heterocycles. The molecular formula is C24H24F2N6O2. The number of nitriles is 1. The molecule has 0 saturated carbocycles. The van der Waals surface area contributed by atoms with Crippen LogP contribution >= 0.6 is 0 Å². The number of benzene rings is 1. The number of nitrogens with zero attached hydrogens (tertiary/aromatic N) is 3. The molecule has 1 fully saturated rings. The summed E-state index contributed by atoms with van der Waals surface area (Å²) in [5.74, 6) is 0.746. The Kier molecular flexibility index (Phi) is 5.57.